The van der Waals surface area contributed by atoms with Gasteiger partial charge in [-0.15, -0.1) is 0 Å². The highest BCUT2D eigenvalue weighted by molar-refractivity contribution is 9.10. The van der Waals surface area contributed by atoms with Gasteiger partial charge in [0, 0.05) is 10.7 Å². The molecule has 3 heterocycles. The van der Waals surface area contributed by atoms with Crippen molar-refractivity contribution >= 4 is 38.4 Å². The van der Waals surface area contributed by atoms with E-state index in [0.29, 0.717) is 20.4 Å². The molecule has 1 aromatic heterocycles. The highest BCUT2D eigenvalue weighted by atomic mass is 79.9. The van der Waals surface area contributed by atoms with E-state index in [1.54, 1.807) is 12.1 Å². The number of halogens is 2. The average molecular weight is 571 g/mol. The van der Waals surface area contributed by atoms with Gasteiger partial charge >= 0.3 is 0 Å². The summed E-state index contributed by atoms with van der Waals surface area (Å²) >= 11 is 9.68. The van der Waals surface area contributed by atoms with Gasteiger partial charge in [-0.3, -0.25) is 0 Å². The Hall–Kier alpha value is -1.07. The third kappa shape index (κ3) is 4.68. The highest BCUT2D eigenvalue weighted by Gasteiger charge is 2.51. The van der Waals surface area contributed by atoms with Crippen LogP contribution in [0.1, 0.15) is 0 Å². The zero-order valence-electron chi connectivity index (χ0n) is 17.4. The van der Waals surface area contributed by atoms with E-state index < -0.39 is 74.6 Å². The van der Waals surface area contributed by atoms with E-state index in [-0.39, 0.29) is 5.75 Å². The molecule has 2 aliphatic heterocycles. The van der Waals surface area contributed by atoms with Crippen LogP contribution in [0.2, 0.25) is 5.02 Å². The summed E-state index contributed by atoms with van der Waals surface area (Å²) in [7, 11) is 0. The van der Waals surface area contributed by atoms with Crippen molar-refractivity contribution in [3.8, 4) is 5.75 Å². The van der Waals surface area contributed by atoms with Crippen molar-refractivity contribution in [2.75, 3.05) is 13.2 Å². The summed E-state index contributed by atoms with van der Waals surface area (Å²) in [5, 5.41) is 71.5. The molecule has 14 heteroatoms. The van der Waals surface area contributed by atoms with E-state index in [1.165, 1.54) is 6.20 Å². The Balaban J connectivity index is 1.52. The zero-order chi connectivity index (χ0) is 24.7. The largest absolute Gasteiger partial charge is 0.460 e. The molecule has 1 aromatic carbocycles. The lowest BCUT2D eigenvalue weighted by Crippen LogP contribution is -2.65. The van der Waals surface area contributed by atoms with Gasteiger partial charge in [0.25, 0.3) is 0 Å². The molecule has 0 bridgehead atoms. The normalized spacial score (nSPS) is 38.9. The summed E-state index contributed by atoms with van der Waals surface area (Å²) in [6.07, 6.45) is -13.9. The molecule has 4 rings (SSSR count). The Bertz CT molecular complexity index is 991. The molecule has 0 spiro atoms. The van der Waals surface area contributed by atoms with Crippen LogP contribution in [0.4, 0.5) is 0 Å². The van der Waals surface area contributed by atoms with E-state index in [2.05, 4.69) is 20.9 Å². The zero-order valence-corrected chi connectivity index (χ0v) is 19.8. The minimum absolute atomic E-state index is 0.225. The Morgan fingerprint density at radius 2 is 1.53 bits per heavy atom. The van der Waals surface area contributed by atoms with Gasteiger partial charge in [0.2, 0.25) is 6.29 Å². The van der Waals surface area contributed by atoms with E-state index in [4.69, 9.17) is 30.5 Å². The molecule has 0 radical (unpaired) electrons. The number of H-pyrrole nitrogens is 1. The van der Waals surface area contributed by atoms with Crippen molar-refractivity contribution in [3.05, 3.63) is 27.8 Å². The second-order valence-corrected chi connectivity index (χ2v) is 9.29. The smallest absolute Gasteiger partial charge is 0.229 e. The van der Waals surface area contributed by atoms with Gasteiger partial charge in [-0.2, -0.15) is 0 Å². The molecule has 10 atom stereocenters. The molecule has 190 valence electrons. The summed E-state index contributed by atoms with van der Waals surface area (Å²) in [4.78, 5) is 2.97. The first kappa shape index (κ1) is 26.0. The third-order valence-corrected chi connectivity index (χ3v) is 7.19. The predicted molar refractivity (Wildman–Crippen MR) is 118 cm³/mol. The van der Waals surface area contributed by atoms with Crippen LogP contribution in [0, 0.1) is 0 Å². The number of aliphatic hydroxyl groups is 7. The van der Waals surface area contributed by atoms with Gasteiger partial charge in [0.1, 0.15) is 54.6 Å². The third-order valence-electron chi connectivity index (χ3n) is 5.90. The van der Waals surface area contributed by atoms with Crippen molar-refractivity contribution in [2.45, 2.75) is 61.4 Å². The molecule has 0 unspecified atom stereocenters. The number of aromatic nitrogens is 1. The fourth-order valence-electron chi connectivity index (χ4n) is 4.00. The van der Waals surface area contributed by atoms with Crippen LogP contribution in [0.5, 0.6) is 5.75 Å². The van der Waals surface area contributed by atoms with Gasteiger partial charge in [-0.1, -0.05) is 11.6 Å². The Morgan fingerprint density at radius 1 is 0.882 bits per heavy atom. The molecule has 0 amide bonds. The number of hydrogen-bond donors (Lipinski definition) is 8. The number of ether oxygens (including phenoxy) is 4. The van der Waals surface area contributed by atoms with Gasteiger partial charge in [0.15, 0.2) is 6.29 Å². The number of hydrogen-bond acceptors (Lipinski definition) is 11. The van der Waals surface area contributed by atoms with Crippen molar-refractivity contribution in [1.29, 1.82) is 0 Å². The van der Waals surface area contributed by atoms with E-state index in [9.17, 15) is 35.7 Å². The van der Waals surface area contributed by atoms with Crippen molar-refractivity contribution in [1.82, 2.24) is 4.98 Å². The second kappa shape index (κ2) is 10.5. The minimum atomic E-state index is -1.75. The summed E-state index contributed by atoms with van der Waals surface area (Å²) in [6, 6.07) is 3.50. The molecule has 34 heavy (non-hydrogen) atoms. The topological polar surface area (TPSA) is 194 Å². The van der Waals surface area contributed by atoms with Crippen molar-refractivity contribution in [2.24, 2.45) is 0 Å². The Kier molecular flexibility index (Phi) is 8.03. The number of aliphatic hydroxyl groups excluding tert-OH is 7. The van der Waals surface area contributed by atoms with Crippen LogP contribution in [0.15, 0.2) is 22.8 Å². The number of rotatable bonds is 6. The standard InChI is InChI=1S/C20H25BrClNO11/c21-6-1-2-7-11(12(6)22)8(3-23-7)31-19-17(30)15(28)18(10(5-25)33-19)34-20-16(29)14(27)13(26)9(4-24)32-20/h1-3,9-10,13-20,23-30H,4-5H2/t9-,10-,13-,14+,15-,16-,17-,18-,19-,20+/m1/s1. The lowest BCUT2D eigenvalue weighted by molar-refractivity contribution is -0.352. The Labute approximate surface area is 206 Å². The maximum Gasteiger partial charge on any atom is 0.229 e. The molecular formula is C20H25BrClNO11. The lowest BCUT2D eigenvalue weighted by atomic mass is 9.97. The van der Waals surface area contributed by atoms with Crippen LogP contribution in [-0.2, 0) is 14.2 Å². The molecule has 0 aliphatic carbocycles. The molecule has 0 saturated carbocycles. The summed E-state index contributed by atoms with van der Waals surface area (Å²) in [5.41, 5.74) is 0.650. The molecule has 2 aromatic rings. The number of nitrogens with one attached hydrogen (secondary N) is 1. The summed E-state index contributed by atoms with van der Waals surface area (Å²) in [5.74, 6) is 0.225. The molecule has 12 nitrogen and oxygen atoms in total. The van der Waals surface area contributed by atoms with Crippen LogP contribution in [-0.4, -0.2) is 115 Å². The molecular weight excluding hydrogens is 546 g/mol. The van der Waals surface area contributed by atoms with Gasteiger partial charge in [-0.25, -0.2) is 0 Å². The van der Waals surface area contributed by atoms with Crippen LogP contribution >= 0.6 is 27.5 Å². The molecule has 2 saturated heterocycles. The average Bonchev–Trinajstić information content (AvgIpc) is 3.24. The highest BCUT2D eigenvalue weighted by Crippen LogP contribution is 2.38. The quantitative estimate of drug-likeness (QED) is 0.203. The number of aromatic amines is 1. The van der Waals surface area contributed by atoms with Gasteiger partial charge in [0.05, 0.1) is 29.1 Å². The minimum Gasteiger partial charge on any atom is -0.460 e. The Morgan fingerprint density at radius 3 is 2.21 bits per heavy atom. The van der Waals surface area contributed by atoms with Crippen molar-refractivity contribution in [3.63, 3.8) is 0 Å². The first-order valence-corrected chi connectivity index (χ1v) is 11.5. The van der Waals surface area contributed by atoms with Crippen LogP contribution in [0.25, 0.3) is 10.9 Å². The number of fused-ring (bicyclic) bond motifs is 1. The van der Waals surface area contributed by atoms with E-state index in [0.717, 1.165) is 0 Å². The van der Waals surface area contributed by atoms with Crippen LogP contribution < -0.4 is 4.74 Å². The summed E-state index contributed by atoms with van der Waals surface area (Å²) in [6.45, 7) is -1.36. The lowest BCUT2D eigenvalue weighted by Gasteiger charge is -2.45. The van der Waals surface area contributed by atoms with E-state index >= 15 is 0 Å². The maximum absolute atomic E-state index is 10.7. The van der Waals surface area contributed by atoms with Crippen LogP contribution in [0.3, 0.4) is 0 Å². The van der Waals surface area contributed by atoms with Gasteiger partial charge < -0.3 is 59.7 Å². The molecule has 2 aliphatic rings. The summed E-state index contributed by atoms with van der Waals surface area (Å²) < 4.78 is 22.8. The molecule has 8 N–H and O–H groups in total. The molecule has 2 fully saturated rings. The van der Waals surface area contributed by atoms with E-state index in [1.807, 2.05) is 0 Å². The second-order valence-electron chi connectivity index (χ2n) is 8.06. The first-order valence-electron chi connectivity index (χ1n) is 10.4. The fraction of sp³-hybridized carbons (Fsp3) is 0.600. The SMILES string of the molecule is OC[C@H]1O[C@@H](O[C@H]2[C@H](O)[C@@H](O)[C@H](Oc3c[nH]c4ccc(Br)c(Cl)c34)O[C@@H]2CO)[C@H](O)[C@@H](O)[C@@H]1O. The van der Waals surface area contributed by atoms with Crippen molar-refractivity contribution < 1.29 is 54.7 Å². The maximum atomic E-state index is 10.7. The predicted octanol–water partition coefficient (Wildman–Crippen LogP) is -1.41. The fourth-order valence-corrected chi connectivity index (χ4v) is 4.59. The first-order chi connectivity index (χ1) is 16.2. The monoisotopic (exact) mass is 569 g/mol. The van der Waals surface area contributed by atoms with Gasteiger partial charge in [-0.05, 0) is 28.1 Å². The number of benzene rings is 1.